The average molecular weight is 1180 g/mol. The lowest BCUT2D eigenvalue weighted by Gasteiger charge is -2.23. The van der Waals surface area contributed by atoms with E-state index >= 15 is 0 Å². The van der Waals surface area contributed by atoms with E-state index in [4.69, 9.17) is 0 Å². The number of hydrogen-bond acceptors (Lipinski definition) is 8. The molecule has 0 unspecified atom stereocenters. The van der Waals surface area contributed by atoms with Gasteiger partial charge in [-0.05, 0) is 92.5 Å². The van der Waals surface area contributed by atoms with Gasteiger partial charge < -0.3 is 0 Å². The number of rotatable bonds is 24. The molecule has 0 bridgehead atoms. The molecule has 2 amide bonds. The number of benzene rings is 3. The van der Waals surface area contributed by atoms with Crippen molar-refractivity contribution in [3.63, 3.8) is 0 Å². The van der Waals surface area contributed by atoms with Crippen molar-refractivity contribution in [2.24, 2.45) is 0 Å². The van der Waals surface area contributed by atoms with E-state index in [1.807, 2.05) is 45.3 Å². The van der Waals surface area contributed by atoms with Gasteiger partial charge in [0.05, 0.1) is 15.1 Å². The maximum atomic E-state index is 14.5. The Kier molecular flexibility index (Phi) is 16.7. The van der Waals surface area contributed by atoms with Crippen LogP contribution in [0.4, 0.5) is 0 Å². The molecular weight excluding hydrogens is 1120 g/mol. The van der Waals surface area contributed by atoms with Crippen molar-refractivity contribution in [3.05, 3.63) is 128 Å². The van der Waals surface area contributed by atoms with Gasteiger partial charge in [0.25, 0.3) is 11.8 Å². The van der Waals surface area contributed by atoms with Crippen LogP contribution in [0.2, 0.25) is 0 Å². The lowest BCUT2D eigenvalue weighted by Crippen LogP contribution is -2.30. The predicted octanol–water partition coefficient (Wildman–Crippen LogP) is 21.1. The fraction of sp³-hybridized carbons (Fsp3) is 0.367. The number of imide groups is 1. The summed E-state index contributed by atoms with van der Waals surface area (Å²) in [7, 11) is 0. The molecule has 71 heavy (non-hydrogen) atoms. The molecule has 6 aromatic heterocycles. The number of aryl methyl sites for hydroxylation is 2. The lowest BCUT2D eigenvalue weighted by molar-refractivity contribution is 0.0653. The average Bonchev–Trinajstić information content (AvgIpc) is 4.27. The maximum Gasteiger partial charge on any atom is 0.271 e. The molecule has 1 aliphatic rings. The summed E-state index contributed by atoms with van der Waals surface area (Å²) in [4.78, 5) is 41.3. The minimum atomic E-state index is -0.195. The van der Waals surface area contributed by atoms with Crippen molar-refractivity contribution in [1.29, 1.82) is 0 Å². The van der Waals surface area contributed by atoms with Gasteiger partial charge in [0.1, 0.15) is 4.88 Å². The molecule has 11 heteroatoms. The molecule has 0 aliphatic carbocycles. The third kappa shape index (κ3) is 10.4. The topological polar surface area (TPSA) is 37.4 Å². The van der Waals surface area contributed by atoms with Gasteiger partial charge in [-0.15, -0.1) is 68.0 Å². The normalized spacial score (nSPS) is 13.1. The van der Waals surface area contributed by atoms with Crippen LogP contribution in [-0.4, -0.2) is 33.9 Å². The Bertz CT molecular complexity index is 3180. The number of nitrogens with zero attached hydrogens (tertiary/aromatic N) is 1. The summed E-state index contributed by atoms with van der Waals surface area (Å²) in [5, 5.41) is 5.73. The molecule has 3 aromatic carbocycles. The second-order valence-electron chi connectivity index (χ2n) is 19.5. The van der Waals surface area contributed by atoms with Crippen molar-refractivity contribution in [1.82, 2.24) is 4.90 Å². The molecule has 1 aliphatic heterocycles. The van der Waals surface area contributed by atoms with E-state index < -0.39 is 0 Å². The molecule has 0 fully saturated rings. The van der Waals surface area contributed by atoms with Gasteiger partial charge in [0.15, 0.2) is 0 Å². The smallest absolute Gasteiger partial charge is 0.271 e. The van der Waals surface area contributed by atoms with Gasteiger partial charge in [-0.25, -0.2) is 0 Å². The third-order valence-corrected chi connectivity index (χ3v) is 23.0. The van der Waals surface area contributed by atoms with E-state index in [-0.39, 0.29) is 17.2 Å². The number of carbonyl (C=O) groups is 2. The summed E-state index contributed by atoms with van der Waals surface area (Å²) in [6.45, 7) is 7.46. The number of hydrogen-bond donors (Lipinski definition) is 0. The first kappa shape index (κ1) is 51.2. The van der Waals surface area contributed by atoms with Crippen LogP contribution in [-0.2, 0) is 18.3 Å². The van der Waals surface area contributed by atoms with Crippen molar-refractivity contribution >= 4 is 142 Å². The van der Waals surface area contributed by atoms with Crippen molar-refractivity contribution in [3.8, 4) is 41.1 Å². The van der Waals surface area contributed by atoms with Crippen LogP contribution in [0, 0.1) is 0 Å². The van der Waals surface area contributed by atoms with Crippen molar-refractivity contribution in [2.45, 2.75) is 122 Å². The molecule has 7 heterocycles. The zero-order valence-electron chi connectivity index (χ0n) is 40.9. The predicted molar refractivity (Wildman–Crippen MR) is 323 cm³/mol. The fourth-order valence-corrected chi connectivity index (χ4v) is 18.9. The van der Waals surface area contributed by atoms with Crippen molar-refractivity contribution in [2.75, 3.05) is 17.2 Å². The van der Waals surface area contributed by atoms with Crippen LogP contribution in [0.3, 0.4) is 0 Å². The summed E-state index contributed by atoms with van der Waals surface area (Å²) in [5.41, 5.74) is 5.49. The van der Waals surface area contributed by atoms with Crippen molar-refractivity contribution < 1.29 is 9.59 Å². The second kappa shape index (κ2) is 23.1. The van der Waals surface area contributed by atoms with Gasteiger partial charge in [-0.2, -0.15) is 0 Å². The van der Waals surface area contributed by atoms with Gasteiger partial charge in [-0.3, -0.25) is 14.5 Å². The Balaban J connectivity index is 1.17. The van der Waals surface area contributed by atoms with Gasteiger partial charge in [0.2, 0.25) is 0 Å². The number of halogens is 2. The van der Waals surface area contributed by atoms with Crippen LogP contribution in [0.1, 0.15) is 144 Å². The standard InChI is InChI=1S/C60H61Br2NO2S6/c1-4-5-6-11-22-35-63-58(64)51-50-52(38-23-14-12-15-24-38)70-55(56(50)71-57(51)59(63)65)46-36-42-48(44-31-29-40(66-44)27-18-7-9-20-33-61)54-43(37-47(69-54)60(2,3)39-25-16-13-17-26-39)49(53(42)68-46)45-32-30-41(67-45)28-19-8-10-21-34-62/h12-17,23-26,29-32,36-37H,4-11,18-22,27-28,33-35H2,1-3H3. The fourth-order valence-electron chi connectivity index (χ4n) is 10.2. The van der Waals surface area contributed by atoms with Crippen LogP contribution in [0.15, 0.2) is 97.1 Å². The zero-order chi connectivity index (χ0) is 49.1. The summed E-state index contributed by atoms with van der Waals surface area (Å²) in [5.74, 6) is -0.253. The second-order valence-corrected chi connectivity index (χ2v) is 27.6. The first-order valence-corrected chi connectivity index (χ1v) is 32.8. The molecule has 10 rings (SSSR count). The minimum Gasteiger partial charge on any atom is -0.274 e. The minimum absolute atomic E-state index is 0.125. The van der Waals surface area contributed by atoms with E-state index in [2.05, 4.69) is 150 Å². The molecule has 0 spiro atoms. The first-order chi connectivity index (χ1) is 34.7. The summed E-state index contributed by atoms with van der Waals surface area (Å²) in [6, 6.07) is 36.1. The highest BCUT2D eigenvalue weighted by Crippen LogP contribution is 2.58. The molecule has 3 nitrogen and oxygen atoms in total. The van der Waals surface area contributed by atoms with Crippen LogP contribution < -0.4 is 0 Å². The number of thiophene rings is 6. The molecule has 368 valence electrons. The molecule has 9 aromatic rings. The quantitative estimate of drug-likeness (QED) is 0.0343. The Morgan fingerprint density at radius 3 is 1.70 bits per heavy atom. The van der Waals surface area contributed by atoms with Gasteiger partial charge >= 0.3 is 0 Å². The summed E-state index contributed by atoms with van der Waals surface area (Å²) < 4.78 is 3.73. The Morgan fingerprint density at radius 2 is 1.07 bits per heavy atom. The van der Waals surface area contributed by atoms with E-state index in [0.29, 0.717) is 17.0 Å². The van der Waals surface area contributed by atoms with E-state index in [1.54, 1.807) is 22.7 Å². The largest absolute Gasteiger partial charge is 0.274 e. The first-order valence-electron chi connectivity index (χ1n) is 25.6. The Labute approximate surface area is 460 Å². The number of carbonyl (C=O) groups excluding carboxylic acids is 2. The molecule has 0 radical (unpaired) electrons. The number of fused-ring (bicyclic) bond motifs is 5. The summed E-state index contributed by atoms with van der Waals surface area (Å²) >= 11 is 18.4. The number of alkyl halides is 2. The molecule has 0 N–H and O–H groups in total. The highest BCUT2D eigenvalue weighted by atomic mass is 79.9. The van der Waals surface area contributed by atoms with Gasteiger partial charge in [-0.1, -0.05) is 165 Å². The van der Waals surface area contributed by atoms with E-state index in [0.717, 1.165) is 74.6 Å². The molecule has 0 saturated carbocycles. The third-order valence-electron chi connectivity index (χ3n) is 14.2. The number of amides is 2. The monoisotopic (exact) mass is 1180 g/mol. The van der Waals surface area contributed by atoms with Crippen LogP contribution >= 0.6 is 99.9 Å². The molecule has 0 saturated heterocycles. The lowest BCUT2D eigenvalue weighted by atomic mass is 9.83. The van der Waals surface area contributed by atoms with Gasteiger partial charge in [0, 0.05) is 93.4 Å². The summed E-state index contributed by atoms with van der Waals surface area (Å²) in [6.07, 6.45) is 17.4. The van der Waals surface area contributed by atoms with Crippen LogP contribution in [0.5, 0.6) is 0 Å². The van der Waals surface area contributed by atoms with E-state index in [1.165, 1.54) is 129 Å². The molecule has 0 atom stereocenters. The van der Waals surface area contributed by atoms with Crippen LogP contribution in [0.25, 0.3) is 71.3 Å². The highest BCUT2D eigenvalue weighted by Gasteiger charge is 2.41. The highest BCUT2D eigenvalue weighted by molar-refractivity contribution is 9.09. The maximum absolute atomic E-state index is 14.5. The molecular formula is C60H61Br2NO2S6. The van der Waals surface area contributed by atoms with E-state index in [9.17, 15) is 9.59 Å². The number of unbranched alkanes of at least 4 members (excludes halogenated alkanes) is 10. The Morgan fingerprint density at radius 1 is 0.493 bits per heavy atom. The zero-order valence-corrected chi connectivity index (χ0v) is 49.0. The SMILES string of the molecule is CCCCCCCN1C(=O)c2sc3c(-c4cc5c(-c6ccc(CCCCCCBr)s6)c6sc(C(C)(C)c7ccccc7)cc6c(-c6ccc(CCCCCCBr)s6)c5s4)sc(-c4ccccc4)c3c2C1=O. The Hall–Kier alpha value is -3.26.